The van der Waals surface area contributed by atoms with Crippen molar-refractivity contribution in [1.29, 1.82) is 0 Å². The molecule has 1 aliphatic rings. The first kappa shape index (κ1) is 23.3. The number of morpholine rings is 1. The highest BCUT2D eigenvalue weighted by atomic mass is 16.5. The number of nitrogens with zero attached hydrogens (tertiary/aromatic N) is 1. The molecule has 170 valence electrons. The summed E-state index contributed by atoms with van der Waals surface area (Å²) in [6.07, 6.45) is 0.850. The summed E-state index contributed by atoms with van der Waals surface area (Å²) >= 11 is 0. The van der Waals surface area contributed by atoms with Crippen LogP contribution in [0.5, 0.6) is 0 Å². The minimum absolute atomic E-state index is 0.0259. The van der Waals surface area contributed by atoms with Crippen molar-refractivity contribution in [2.45, 2.75) is 26.3 Å². The Kier molecular flexibility index (Phi) is 8.21. The number of anilines is 2. The molecule has 1 fully saturated rings. The zero-order valence-corrected chi connectivity index (χ0v) is 18.5. The summed E-state index contributed by atoms with van der Waals surface area (Å²) < 4.78 is 5.29. The zero-order valence-electron chi connectivity index (χ0n) is 18.5. The fourth-order valence-electron chi connectivity index (χ4n) is 3.25. The molecule has 1 aliphatic heterocycles. The summed E-state index contributed by atoms with van der Waals surface area (Å²) in [7, 11) is 0. The highest BCUT2D eigenvalue weighted by Crippen LogP contribution is 2.15. The lowest BCUT2D eigenvalue weighted by Crippen LogP contribution is -2.40. The third-order valence-electron chi connectivity index (χ3n) is 5.26. The number of carbonyl (C=O) groups is 3. The van der Waals surface area contributed by atoms with Gasteiger partial charge in [0.2, 0.25) is 5.91 Å². The number of rotatable bonds is 8. The molecule has 1 unspecified atom stereocenters. The first-order valence-electron chi connectivity index (χ1n) is 10.9. The van der Waals surface area contributed by atoms with Gasteiger partial charge in [-0.25, -0.2) is 0 Å². The highest BCUT2D eigenvalue weighted by molar-refractivity contribution is 5.98. The third-order valence-corrected chi connectivity index (χ3v) is 5.26. The monoisotopic (exact) mass is 438 g/mol. The van der Waals surface area contributed by atoms with E-state index in [9.17, 15) is 14.4 Å². The van der Waals surface area contributed by atoms with Crippen molar-refractivity contribution in [3.63, 3.8) is 0 Å². The van der Waals surface area contributed by atoms with E-state index in [1.165, 1.54) is 0 Å². The van der Waals surface area contributed by atoms with E-state index in [2.05, 4.69) is 16.0 Å². The lowest BCUT2D eigenvalue weighted by Gasteiger charge is -2.27. The van der Waals surface area contributed by atoms with Gasteiger partial charge in [0.05, 0.1) is 19.8 Å². The molecule has 3 rings (SSSR count). The van der Waals surface area contributed by atoms with Crippen LogP contribution in [0.4, 0.5) is 11.4 Å². The fraction of sp³-hybridized carbons (Fsp3) is 0.375. The van der Waals surface area contributed by atoms with E-state index in [1.54, 1.807) is 53.4 Å². The molecular formula is C24H30N4O4. The van der Waals surface area contributed by atoms with Gasteiger partial charge in [0.1, 0.15) is 0 Å². The molecule has 2 aromatic carbocycles. The van der Waals surface area contributed by atoms with Crippen LogP contribution in [0.1, 0.15) is 41.0 Å². The normalized spacial score (nSPS) is 14.4. The molecule has 0 radical (unpaired) electrons. The van der Waals surface area contributed by atoms with E-state index in [-0.39, 0.29) is 30.3 Å². The summed E-state index contributed by atoms with van der Waals surface area (Å²) in [4.78, 5) is 39.1. The quantitative estimate of drug-likeness (QED) is 0.589. The number of nitrogens with one attached hydrogen (secondary N) is 3. The Morgan fingerprint density at radius 2 is 1.66 bits per heavy atom. The van der Waals surface area contributed by atoms with Gasteiger partial charge in [-0.05, 0) is 49.7 Å². The van der Waals surface area contributed by atoms with Gasteiger partial charge in [-0.2, -0.15) is 0 Å². The van der Waals surface area contributed by atoms with Crippen molar-refractivity contribution < 1.29 is 19.1 Å². The number of carbonyl (C=O) groups excluding carboxylic acids is 3. The van der Waals surface area contributed by atoms with Gasteiger partial charge < -0.3 is 25.6 Å². The van der Waals surface area contributed by atoms with Crippen LogP contribution in [-0.2, 0) is 9.53 Å². The van der Waals surface area contributed by atoms with E-state index in [0.29, 0.717) is 48.8 Å². The van der Waals surface area contributed by atoms with Crippen LogP contribution in [0.15, 0.2) is 48.5 Å². The molecule has 0 spiro atoms. The highest BCUT2D eigenvalue weighted by Gasteiger charge is 2.19. The standard InChI is InChI=1S/C24H30N4O4/c1-3-17(2)26-23(30)18-6-4-8-20(14-18)25-16-22(29)27-21-9-5-7-19(15-21)24(31)28-10-12-32-13-11-28/h4-9,14-15,17,25H,3,10-13,16H2,1-2H3,(H,26,30)(H,27,29). The van der Waals surface area contributed by atoms with Crippen LogP contribution in [-0.4, -0.2) is 61.5 Å². The molecular weight excluding hydrogens is 408 g/mol. The van der Waals surface area contributed by atoms with Gasteiger partial charge in [0, 0.05) is 41.6 Å². The van der Waals surface area contributed by atoms with Crippen LogP contribution in [0.3, 0.4) is 0 Å². The van der Waals surface area contributed by atoms with Crippen LogP contribution in [0.2, 0.25) is 0 Å². The predicted molar refractivity (Wildman–Crippen MR) is 124 cm³/mol. The number of amides is 3. The summed E-state index contributed by atoms with van der Waals surface area (Å²) in [5.41, 5.74) is 2.29. The molecule has 3 N–H and O–H groups in total. The average Bonchev–Trinajstić information content (AvgIpc) is 2.83. The molecule has 0 bridgehead atoms. The lowest BCUT2D eigenvalue weighted by molar-refractivity contribution is -0.114. The maximum Gasteiger partial charge on any atom is 0.254 e. The maximum atomic E-state index is 12.6. The van der Waals surface area contributed by atoms with Crippen molar-refractivity contribution in [1.82, 2.24) is 10.2 Å². The number of hydrogen-bond acceptors (Lipinski definition) is 5. The Morgan fingerprint density at radius 1 is 1.00 bits per heavy atom. The van der Waals surface area contributed by atoms with Crippen molar-refractivity contribution in [2.75, 3.05) is 43.5 Å². The average molecular weight is 439 g/mol. The predicted octanol–water partition coefficient (Wildman–Crippen LogP) is 2.74. The topological polar surface area (TPSA) is 99.8 Å². The maximum absolute atomic E-state index is 12.6. The Bertz CT molecular complexity index is 957. The molecule has 1 atom stereocenters. The first-order chi connectivity index (χ1) is 15.5. The fourth-order valence-corrected chi connectivity index (χ4v) is 3.25. The first-order valence-corrected chi connectivity index (χ1v) is 10.9. The Hall–Kier alpha value is -3.39. The number of hydrogen-bond donors (Lipinski definition) is 3. The third kappa shape index (κ3) is 6.55. The Balaban J connectivity index is 1.54. The summed E-state index contributed by atoms with van der Waals surface area (Å²) in [5.74, 6) is -0.473. The summed E-state index contributed by atoms with van der Waals surface area (Å²) in [5, 5.41) is 8.77. The van der Waals surface area contributed by atoms with Crippen molar-refractivity contribution in [3.8, 4) is 0 Å². The van der Waals surface area contributed by atoms with Gasteiger partial charge in [0.15, 0.2) is 0 Å². The Labute approximate surface area is 188 Å². The molecule has 32 heavy (non-hydrogen) atoms. The van der Waals surface area contributed by atoms with Gasteiger partial charge >= 0.3 is 0 Å². The van der Waals surface area contributed by atoms with Crippen molar-refractivity contribution in [2.24, 2.45) is 0 Å². The SMILES string of the molecule is CCC(C)NC(=O)c1cccc(NCC(=O)Nc2cccc(C(=O)N3CCOCC3)c2)c1. The van der Waals surface area contributed by atoms with Crippen LogP contribution >= 0.6 is 0 Å². The van der Waals surface area contributed by atoms with Crippen molar-refractivity contribution in [3.05, 3.63) is 59.7 Å². The van der Waals surface area contributed by atoms with Crippen LogP contribution in [0.25, 0.3) is 0 Å². The second-order valence-electron chi connectivity index (χ2n) is 7.75. The van der Waals surface area contributed by atoms with E-state index in [4.69, 9.17) is 4.74 Å². The second kappa shape index (κ2) is 11.3. The second-order valence-corrected chi connectivity index (χ2v) is 7.75. The molecule has 8 heteroatoms. The van der Waals surface area contributed by atoms with Gasteiger partial charge in [0.25, 0.3) is 11.8 Å². The molecule has 3 amide bonds. The van der Waals surface area contributed by atoms with E-state index < -0.39 is 0 Å². The molecule has 8 nitrogen and oxygen atoms in total. The summed E-state index contributed by atoms with van der Waals surface area (Å²) in [6, 6.07) is 14.0. The van der Waals surface area contributed by atoms with E-state index >= 15 is 0 Å². The Morgan fingerprint density at radius 3 is 2.38 bits per heavy atom. The van der Waals surface area contributed by atoms with Crippen molar-refractivity contribution >= 4 is 29.1 Å². The van der Waals surface area contributed by atoms with Gasteiger partial charge in [-0.3, -0.25) is 14.4 Å². The van der Waals surface area contributed by atoms with E-state index in [0.717, 1.165) is 6.42 Å². The zero-order chi connectivity index (χ0) is 22.9. The smallest absolute Gasteiger partial charge is 0.254 e. The number of ether oxygens (including phenoxy) is 1. The minimum Gasteiger partial charge on any atom is -0.378 e. The largest absolute Gasteiger partial charge is 0.378 e. The number of benzene rings is 2. The van der Waals surface area contributed by atoms with Crippen LogP contribution < -0.4 is 16.0 Å². The lowest BCUT2D eigenvalue weighted by atomic mass is 10.1. The molecule has 0 saturated carbocycles. The van der Waals surface area contributed by atoms with Gasteiger partial charge in [-0.1, -0.05) is 19.1 Å². The molecule has 2 aromatic rings. The van der Waals surface area contributed by atoms with Crippen LogP contribution in [0, 0.1) is 0 Å². The van der Waals surface area contributed by atoms with Gasteiger partial charge in [-0.15, -0.1) is 0 Å². The molecule has 0 aromatic heterocycles. The summed E-state index contributed by atoms with van der Waals surface area (Å²) in [6.45, 7) is 6.19. The molecule has 1 saturated heterocycles. The molecule has 1 heterocycles. The molecule has 0 aliphatic carbocycles. The minimum atomic E-state index is -0.254. The van der Waals surface area contributed by atoms with E-state index in [1.807, 2.05) is 13.8 Å².